The van der Waals surface area contributed by atoms with Crippen molar-refractivity contribution in [1.29, 1.82) is 0 Å². The van der Waals surface area contributed by atoms with Crippen LogP contribution in [0.2, 0.25) is 0 Å². The summed E-state index contributed by atoms with van der Waals surface area (Å²) in [6.45, 7) is 9.21. The van der Waals surface area contributed by atoms with Crippen LogP contribution in [-0.2, 0) is 32.1 Å². The quantitative estimate of drug-likeness (QED) is 0.686. The number of ether oxygens (including phenoxy) is 1. The van der Waals surface area contributed by atoms with Gasteiger partial charge in [0.1, 0.15) is 0 Å². The molecule has 1 aliphatic rings. The molecule has 144 valence electrons. The topological polar surface area (TPSA) is 43.4 Å². The number of rotatable bonds is 4. The molecule has 4 heteroatoms. The first-order valence-electron chi connectivity index (χ1n) is 9.35. The van der Waals surface area contributed by atoms with E-state index < -0.39 is 10.8 Å². The van der Waals surface area contributed by atoms with Crippen molar-refractivity contribution in [2.24, 2.45) is 0 Å². The van der Waals surface area contributed by atoms with Crippen LogP contribution < -0.4 is 0 Å². The van der Waals surface area contributed by atoms with Crippen LogP contribution in [0.25, 0.3) is 0 Å². The number of fused-ring (bicyclic) bond motifs is 1. The van der Waals surface area contributed by atoms with Gasteiger partial charge in [0.2, 0.25) is 0 Å². The van der Waals surface area contributed by atoms with Crippen LogP contribution in [0.4, 0.5) is 0 Å². The second kappa shape index (κ2) is 7.23. The zero-order valence-electron chi connectivity index (χ0n) is 16.8. The number of hydrogen-bond donors (Lipinski definition) is 0. The van der Waals surface area contributed by atoms with E-state index in [1.165, 1.54) is 24.7 Å². The Bertz CT molecular complexity index is 879. The summed E-state index contributed by atoms with van der Waals surface area (Å²) in [5.74, 6) is 0.0910. The van der Waals surface area contributed by atoms with Crippen LogP contribution in [0.3, 0.4) is 0 Å². The fourth-order valence-electron chi connectivity index (χ4n) is 3.82. The lowest BCUT2D eigenvalue weighted by Crippen LogP contribution is -2.33. The molecule has 1 atom stereocenters. The van der Waals surface area contributed by atoms with E-state index in [0.29, 0.717) is 11.3 Å². The molecule has 0 saturated heterocycles. The minimum atomic E-state index is -1.15. The Morgan fingerprint density at radius 1 is 0.963 bits per heavy atom. The van der Waals surface area contributed by atoms with Crippen molar-refractivity contribution in [3.63, 3.8) is 0 Å². The predicted octanol–water partition coefficient (Wildman–Crippen LogP) is 5.13. The van der Waals surface area contributed by atoms with E-state index in [-0.39, 0.29) is 16.8 Å². The highest BCUT2D eigenvalue weighted by Crippen LogP contribution is 2.46. The Hall–Kier alpha value is -1.94. The largest absolute Gasteiger partial charge is 0.465 e. The normalized spacial score (nSPS) is 18.4. The lowest BCUT2D eigenvalue weighted by Gasteiger charge is -2.42. The SMILES string of the molecule is COC(=O)c1ccc(S(=O)Cc2ccc3c(c2)C(C)(C)CCC3(C)C)cc1. The highest BCUT2D eigenvalue weighted by atomic mass is 32.2. The van der Waals surface area contributed by atoms with Gasteiger partial charge in [0, 0.05) is 4.90 Å². The van der Waals surface area contributed by atoms with E-state index in [9.17, 15) is 9.00 Å². The summed E-state index contributed by atoms with van der Waals surface area (Å²) in [6, 6.07) is 13.4. The molecule has 1 unspecified atom stereocenters. The Morgan fingerprint density at radius 3 is 2.15 bits per heavy atom. The molecule has 0 aromatic heterocycles. The first-order valence-corrected chi connectivity index (χ1v) is 10.7. The average molecular weight is 385 g/mol. The minimum Gasteiger partial charge on any atom is -0.465 e. The van der Waals surface area contributed by atoms with Crippen molar-refractivity contribution in [2.45, 2.75) is 62.0 Å². The molecule has 0 radical (unpaired) electrons. The van der Waals surface area contributed by atoms with E-state index in [2.05, 4.69) is 45.9 Å². The molecule has 0 fully saturated rings. The smallest absolute Gasteiger partial charge is 0.337 e. The lowest BCUT2D eigenvalue weighted by molar-refractivity contribution is 0.0600. The first kappa shape index (κ1) is 19.8. The third-order valence-electron chi connectivity index (χ3n) is 5.75. The predicted molar refractivity (Wildman–Crippen MR) is 110 cm³/mol. The standard InChI is InChI=1S/C23H28O3S/c1-22(2)12-13-23(3,4)20-14-16(6-11-19(20)22)15-27(25)18-9-7-17(8-10-18)21(24)26-5/h6-11,14H,12-13,15H2,1-5H3. The molecule has 0 amide bonds. The zero-order chi connectivity index (χ0) is 19.8. The van der Waals surface area contributed by atoms with Gasteiger partial charge in [0.25, 0.3) is 0 Å². The second-order valence-corrected chi connectivity index (χ2v) is 10.1. The monoisotopic (exact) mass is 384 g/mol. The van der Waals surface area contributed by atoms with Crippen LogP contribution >= 0.6 is 0 Å². The number of benzene rings is 2. The number of carbonyl (C=O) groups is 1. The van der Waals surface area contributed by atoms with Crippen molar-refractivity contribution in [3.05, 3.63) is 64.7 Å². The van der Waals surface area contributed by atoms with Gasteiger partial charge in [0.15, 0.2) is 0 Å². The van der Waals surface area contributed by atoms with Crippen molar-refractivity contribution in [3.8, 4) is 0 Å². The Kier molecular flexibility index (Phi) is 5.31. The van der Waals surface area contributed by atoms with Crippen LogP contribution in [0, 0.1) is 0 Å². The van der Waals surface area contributed by atoms with Crippen LogP contribution in [0.15, 0.2) is 47.4 Å². The Morgan fingerprint density at radius 2 is 1.56 bits per heavy atom. The molecule has 0 spiro atoms. The molecule has 0 N–H and O–H groups in total. The van der Waals surface area contributed by atoms with Gasteiger partial charge in [0.05, 0.1) is 29.2 Å². The molecule has 3 rings (SSSR count). The highest BCUT2D eigenvalue weighted by molar-refractivity contribution is 7.84. The molecule has 2 aromatic rings. The second-order valence-electron chi connectivity index (χ2n) is 8.65. The molecule has 2 aromatic carbocycles. The molecular weight excluding hydrogens is 356 g/mol. The Labute approximate surface area is 164 Å². The van der Waals surface area contributed by atoms with E-state index in [1.807, 2.05) is 0 Å². The van der Waals surface area contributed by atoms with Gasteiger partial charge in [-0.05, 0) is 64.6 Å². The van der Waals surface area contributed by atoms with Crippen LogP contribution in [0.1, 0.15) is 67.6 Å². The van der Waals surface area contributed by atoms with Crippen LogP contribution in [0.5, 0.6) is 0 Å². The Balaban J connectivity index is 1.84. The third-order valence-corrected chi connectivity index (χ3v) is 7.15. The van der Waals surface area contributed by atoms with Crippen molar-refractivity contribution < 1.29 is 13.7 Å². The molecular formula is C23H28O3S. The maximum Gasteiger partial charge on any atom is 0.337 e. The van der Waals surface area contributed by atoms with Gasteiger partial charge in [-0.25, -0.2) is 4.79 Å². The summed E-state index contributed by atoms with van der Waals surface area (Å²) in [5, 5.41) is 0. The van der Waals surface area contributed by atoms with Gasteiger partial charge < -0.3 is 4.74 Å². The fourth-order valence-corrected chi connectivity index (χ4v) is 4.91. The highest BCUT2D eigenvalue weighted by Gasteiger charge is 2.36. The van der Waals surface area contributed by atoms with Crippen LogP contribution in [-0.4, -0.2) is 17.3 Å². The molecule has 1 aliphatic carbocycles. The minimum absolute atomic E-state index is 0.143. The molecule has 3 nitrogen and oxygen atoms in total. The van der Waals surface area contributed by atoms with E-state index in [4.69, 9.17) is 4.74 Å². The fraction of sp³-hybridized carbons (Fsp3) is 0.435. The molecule has 27 heavy (non-hydrogen) atoms. The van der Waals surface area contributed by atoms with Crippen molar-refractivity contribution in [2.75, 3.05) is 7.11 Å². The summed E-state index contributed by atoms with van der Waals surface area (Å²) in [6.07, 6.45) is 2.35. The lowest BCUT2D eigenvalue weighted by atomic mass is 9.63. The number of esters is 1. The molecule has 0 saturated carbocycles. The van der Waals surface area contributed by atoms with Gasteiger partial charge in [-0.3, -0.25) is 4.21 Å². The summed E-state index contributed by atoms with van der Waals surface area (Å²) >= 11 is 0. The van der Waals surface area contributed by atoms with Gasteiger partial charge in [-0.15, -0.1) is 0 Å². The van der Waals surface area contributed by atoms with E-state index in [1.54, 1.807) is 24.3 Å². The summed E-state index contributed by atoms with van der Waals surface area (Å²) < 4.78 is 17.5. The molecule has 0 bridgehead atoms. The van der Waals surface area contributed by atoms with Gasteiger partial charge in [-0.2, -0.15) is 0 Å². The number of methoxy groups -OCH3 is 1. The van der Waals surface area contributed by atoms with Crippen molar-refractivity contribution in [1.82, 2.24) is 0 Å². The average Bonchev–Trinajstić information content (AvgIpc) is 2.65. The van der Waals surface area contributed by atoms with Gasteiger partial charge >= 0.3 is 5.97 Å². The summed E-state index contributed by atoms with van der Waals surface area (Å²) in [7, 11) is 0.200. The van der Waals surface area contributed by atoms with Gasteiger partial charge in [-0.1, -0.05) is 45.9 Å². The maximum atomic E-state index is 12.8. The molecule has 0 heterocycles. The number of carbonyl (C=O) groups excluding carboxylic acids is 1. The summed E-state index contributed by atoms with van der Waals surface area (Å²) in [5.41, 5.74) is 4.69. The van der Waals surface area contributed by atoms with E-state index in [0.717, 1.165) is 16.9 Å². The third kappa shape index (κ3) is 4.01. The number of hydrogen-bond acceptors (Lipinski definition) is 3. The summed E-state index contributed by atoms with van der Waals surface area (Å²) in [4.78, 5) is 12.3. The maximum absolute atomic E-state index is 12.8. The van der Waals surface area contributed by atoms with E-state index >= 15 is 0 Å². The van der Waals surface area contributed by atoms with Crippen molar-refractivity contribution >= 4 is 16.8 Å². The first-order chi connectivity index (χ1) is 12.6. The molecule has 0 aliphatic heterocycles. The zero-order valence-corrected chi connectivity index (χ0v) is 17.6.